The van der Waals surface area contributed by atoms with E-state index < -0.39 is 0 Å². The molecule has 0 bridgehead atoms. The zero-order valence-corrected chi connectivity index (χ0v) is 35.3. The molecule has 65 heavy (non-hydrogen) atoms. The molecule has 2 heterocycles. The van der Waals surface area contributed by atoms with Crippen molar-refractivity contribution in [2.45, 2.75) is 0 Å². The Kier molecular flexibility index (Phi) is 9.46. The molecule has 304 valence electrons. The first-order chi connectivity index (χ1) is 32.2. The highest BCUT2D eigenvalue weighted by atomic mass is 16.5. The van der Waals surface area contributed by atoms with Gasteiger partial charge in [0.05, 0.1) is 0 Å². The summed E-state index contributed by atoms with van der Waals surface area (Å²) in [5.41, 5.74) is 16.2. The van der Waals surface area contributed by atoms with Crippen molar-refractivity contribution in [3.8, 4) is 112 Å². The Labute approximate surface area is 377 Å². The van der Waals surface area contributed by atoms with Gasteiger partial charge in [0.2, 0.25) is 0 Å². The number of hydrogen-bond acceptors (Lipinski definition) is 4. The number of rotatable bonds is 8. The van der Waals surface area contributed by atoms with Gasteiger partial charge < -0.3 is 4.74 Å². The normalized spacial score (nSPS) is 11.5. The van der Waals surface area contributed by atoms with Crippen molar-refractivity contribution in [1.82, 2.24) is 15.0 Å². The standard InChI is InChI=1S/C61H39N3O/c1-5-17-40(18-6-1)49-38-53(56(42-19-7-2-8-20-42)54(39-49)52-31-16-30-51-50-29-14-25-43-26-15-32-55(57(43)50)65-58(51)52)48-28-13-27-47(37-48)41-33-35-46(36-34-41)61-63-59(44-21-9-3-10-22-44)62-60(64-61)45-23-11-4-12-24-45/h1-39H. The van der Waals surface area contributed by atoms with E-state index in [1.54, 1.807) is 0 Å². The Bertz CT molecular complexity index is 3470. The van der Waals surface area contributed by atoms with Crippen molar-refractivity contribution < 1.29 is 4.74 Å². The largest absolute Gasteiger partial charge is 0.455 e. The van der Waals surface area contributed by atoms with Crippen LogP contribution in [-0.4, -0.2) is 15.0 Å². The Morgan fingerprint density at radius 3 is 1.32 bits per heavy atom. The summed E-state index contributed by atoms with van der Waals surface area (Å²) in [6.45, 7) is 0. The van der Waals surface area contributed by atoms with Crippen LogP contribution in [0.5, 0.6) is 11.5 Å². The fourth-order valence-electron chi connectivity index (χ4n) is 9.21. The molecule has 10 aromatic carbocycles. The zero-order chi connectivity index (χ0) is 43.1. The van der Waals surface area contributed by atoms with Crippen LogP contribution in [0, 0.1) is 0 Å². The van der Waals surface area contributed by atoms with E-state index in [-0.39, 0.29) is 0 Å². The summed E-state index contributed by atoms with van der Waals surface area (Å²) in [6, 6.07) is 83.1. The minimum atomic E-state index is 0.628. The number of benzene rings is 10. The van der Waals surface area contributed by atoms with E-state index in [9.17, 15) is 0 Å². The van der Waals surface area contributed by atoms with Gasteiger partial charge in [0, 0.05) is 33.2 Å². The fraction of sp³-hybridized carbons (Fsp3) is 0. The molecule has 0 saturated carbocycles. The van der Waals surface area contributed by atoms with Crippen molar-refractivity contribution in [3.63, 3.8) is 0 Å². The van der Waals surface area contributed by atoms with Gasteiger partial charge in [-0.15, -0.1) is 0 Å². The molecular weight excluding hydrogens is 791 g/mol. The second-order valence-electron chi connectivity index (χ2n) is 16.3. The smallest absolute Gasteiger partial charge is 0.164 e. The molecule has 11 aromatic rings. The molecule has 4 nitrogen and oxygen atoms in total. The summed E-state index contributed by atoms with van der Waals surface area (Å²) in [5.74, 6) is 3.65. The number of hydrogen-bond donors (Lipinski definition) is 0. The Balaban J connectivity index is 1.00. The van der Waals surface area contributed by atoms with Crippen molar-refractivity contribution in [2.75, 3.05) is 0 Å². The van der Waals surface area contributed by atoms with Crippen LogP contribution in [0.4, 0.5) is 0 Å². The van der Waals surface area contributed by atoms with E-state index in [0.29, 0.717) is 17.5 Å². The number of nitrogens with zero attached hydrogens (tertiary/aromatic N) is 3. The maximum absolute atomic E-state index is 6.98. The second-order valence-corrected chi connectivity index (χ2v) is 16.3. The average molecular weight is 830 g/mol. The molecule has 4 heteroatoms. The van der Waals surface area contributed by atoms with E-state index in [4.69, 9.17) is 19.7 Å². The van der Waals surface area contributed by atoms with Gasteiger partial charge in [-0.2, -0.15) is 0 Å². The molecule has 1 aliphatic rings. The SMILES string of the molecule is c1ccc(-c2cc(-c3cccc(-c4ccc(-c5nc(-c6ccccc6)nc(-c6ccccc6)n5)cc4)c3)c(-c3ccccc3)c(-c3cccc4c3Oc3cccc5cccc-4c35)c2)cc1. The van der Waals surface area contributed by atoms with Gasteiger partial charge in [-0.1, -0.05) is 212 Å². The highest BCUT2D eigenvalue weighted by Crippen LogP contribution is 2.53. The summed E-state index contributed by atoms with van der Waals surface area (Å²) in [4.78, 5) is 14.8. The maximum atomic E-state index is 6.98. The molecule has 1 aliphatic heterocycles. The predicted molar refractivity (Wildman–Crippen MR) is 266 cm³/mol. The lowest BCUT2D eigenvalue weighted by Crippen LogP contribution is -2.00. The minimum absolute atomic E-state index is 0.628. The lowest BCUT2D eigenvalue weighted by Gasteiger charge is -2.25. The van der Waals surface area contributed by atoms with E-state index in [0.717, 1.165) is 94.8 Å². The third kappa shape index (κ3) is 7.04. The monoisotopic (exact) mass is 829 g/mol. The van der Waals surface area contributed by atoms with E-state index in [2.05, 4.69) is 176 Å². The van der Waals surface area contributed by atoms with Crippen LogP contribution < -0.4 is 4.74 Å². The van der Waals surface area contributed by atoms with Gasteiger partial charge in [0.1, 0.15) is 11.5 Å². The van der Waals surface area contributed by atoms with Crippen LogP contribution in [0.1, 0.15) is 0 Å². The van der Waals surface area contributed by atoms with Crippen LogP contribution >= 0.6 is 0 Å². The molecule has 0 atom stereocenters. The maximum Gasteiger partial charge on any atom is 0.164 e. The zero-order valence-electron chi connectivity index (χ0n) is 35.3. The Hall–Kier alpha value is -8.73. The summed E-state index contributed by atoms with van der Waals surface area (Å²) in [7, 11) is 0. The highest BCUT2D eigenvalue weighted by molar-refractivity contribution is 6.07. The third-order valence-corrected chi connectivity index (χ3v) is 12.3. The molecular formula is C61H39N3O. The first-order valence-corrected chi connectivity index (χ1v) is 21.9. The Morgan fingerprint density at radius 2 is 0.692 bits per heavy atom. The molecule has 12 rings (SSSR count). The predicted octanol–water partition coefficient (Wildman–Crippen LogP) is 16.1. The third-order valence-electron chi connectivity index (χ3n) is 12.3. The molecule has 0 amide bonds. The van der Waals surface area contributed by atoms with Crippen molar-refractivity contribution >= 4 is 10.8 Å². The van der Waals surface area contributed by atoms with Gasteiger partial charge in [0.25, 0.3) is 0 Å². The van der Waals surface area contributed by atoms with Gasteiger partial charge in [-0.05, 0) is 85.3 Å². The summed E-state index contributed by atoms with van der Waals surface area (Å²) in [5, 5.41) is 2.32. The van der Waals surface area contributed by atoms with Gasteiger partial charge in [0.15, 0.2) is 17.5 Å². The van der Waals surface area contributed by atoms with E-state index in [1.165, 1.54) is 10.9 Å². The van der Waals surface area contributed by atoms with Crippen molar-refractivity contribution in [1.29, 1.82) is 0 Å². The van der Waals surface area contributed by atoms with Gasteiger partial charge in [-0.3, -0.25) is 0 Å². The average Bonchev–Trinajstić information content (AvgIpc) is 3.39. The molecule has 0 aliphatic carbocycles. The minimum Gasteiger partial charge on any atom is -0.455 e. The van der Waals surface area contributed by atoms with E-state index in [1.807, 2.05) is 60.7 Å². The summed E-state index contributed by atoms with van der Waals surface area (Å²) >= 11 is 0. The molecule has 1 aromatic heterocycles. The number of para-hydroxylation sites is 1. The molecule has 0 saturated heterocycles. The number of fused-ring (bicyclic) bond motifs is 2. The fourth-order valence-corrected chi connectivity index (χ4v) is 9.21. The van der Waals surface area contributed by atoms with Gasteiger partial charge in [-0.25, -0.2) is 15.0 Å². The highest BCUT2D eigenvalue weighted by Gasteiger charge is 2.26. The molecule has 0 unspecified atom stereocenters. The first-order valence-electron chi connectivity index (χ1n) is 21.9. The lowest BCUT2D eigenvalue weighted by molar-refractivity contribution is 0.489. The quantitative estimate of drug-likeness (QED) is 0.153. The van der Waals surface area contributed by atoms with Crippen LogP contribution in [-0.2, 0) is 0 Å². The summed E-state index contributed by atoms with van der Waals surface area (Å²) < 4.78 is 6.98. The second kappa shape index (κ2) is 16.2. The first kappa shape index (κ1) is 38.0. The molecule has 0 N–H and O–H groups in total. The lowest BCUT2D eigenvalue weighted by atomic mass is 9.83. The van der Waals surface area contributed by atoms with Crippen molar-refractivity contribution in [2.24, 2.45) is 0 Å². The molecule has 0 fully saturated rings. The molecule has 0 spiro atoms. The topological polar surface area (TPSA) is 47.9 Å². The van der Waals surface area contributed by atoms with Crippen LogP contribution in [0.15, 0.2) is 237 Å². The Morgan fingerprint density at radius 1 is 0.262 bits per heavy atom. The number of aromatic nitrogens is 3. The van der Waals surface area contributed by atoms with Crippen LogP contribution in [0.3, 0.4) is 0 Å². The molecule has 0 radical (unpaired) electrons. The van der Waals surface area contributed by atoms with Crippen LogP contribution in [0.2, 0.25) is 0 Å². The van der Waals surface area contributed by atoms with Gasteiger partial charge >= 0.3 is 0 Å². The number of ether oxygens (including phenoxy) is 1. The van der Waals surface area contributed by atoms with E-state index >= 15 is 0 Å². The summed E-state index contributed by atoms with van der Waals surface area (Å²) in [6.07, 6.45) is 0. The van der Waals surface area contributed by atoms with Crippen molar-refractivity contribution in [3.05, 3.63) is 237 Å². The van der Waals surface area contributed by atoms with Crippen LogP contribution in [0.25, 0.3) is 112 Å².